The van der Waals surface area contributed by atoms with Gasteiger partial charge in [0.05, 0.1) is 18.8 Å². The van der Waals surface area contributed by atoms with Crippen molar-refractivity contribution in [3.63, 3.8) is 0 Å². The number of hydrogen-bond acceptors (Lipinski definition) is 5. The molecular weight excluding hydrogens is 460 g/mol. The zero-order valence-corrected chi connectivity index (χ0v) is 20.4. The third kappa shape index (κ3) is 5.05. The topological polar surface area (TPSA) is 63.0 Å². The van der Waals surface area contributed by atoms with Gasteiger partial charge in [-0.15, -0.1) is 0 Å². The number of H-pyrrole nitrogens is 1. The van der Waals surface area contributed by atoms with Gasteiger partial charge in [0.15, 0.2) is 10.1 Å². The van der Waals surface area contributed by atoms with Crippen molar-refractivity contribution in [2.24, 2.45) is 4.99 Å². The van der Waals surface area contributed by atoms with Crippen LogP contribution in [0.5, 0.6) is 0 Å². The molecule has 0 aliphatic carbocycles. The van der Waals surface area contributed by atoms with Gasteiger partial charge < -0.3 is 4.98 Å². The lowest BCUT2D eigenvalue weighted by molar-refractivity contribution is 0.102. The summed E-state index contributed by atoms with van der Waals surface area (Å²) in [5, 5.41) is 5.77. The number of benzene rings is 3. The molecule has 0 aliphatic heterocycles. The zero-order valence-electron chi connectivity index (χ0n) is 18.8. The number of carbonyl (C=O) groups excluding carboxylic acids is 1. The van der Waals surface area contributed by atoms with E-state index in [1.807, 2.05) is 72.3 Å². The predicted molar refractivity (Wildman–Crippen MR) is 139 cm³/mol. The smallest absolute Gasteiger partial charge is 0.204 e. The molecule has 7 heteroatoms. The number of Topliss-reactive ketones (excluding diaryl/α,β-unsaturated/α-hetero) is 1. The van der Waals surface area contributed by atoms with Crippen molar-refractivity contribution in [2.45, 2.75) is 24.4 Å². The van der Waals surface area contributed by atoms with E-state index >= 15 is 0 Å². The van der Waals surface area contributed by atoms with Crippen molar-refractivity contribution < 1.29 is 4.79 Å². The summed E-state index contributed by atoms with van der Waals surface area (Å²) in [7, 11) is 0. The molecule has 0 aliphatic rings. The number of thioether (sulfide) groups is 1. The molecule has 0 unspecified atom stereocenters. The van der Waals surface area contributed by atoms with Crippen LogP contribution in [0.15, 0.2) is 94.3 Å². The van der Waals surface area contributed by atoms with Gasteiger partial charge in [-0.1, -0.05) is 102 Å². The van der Waals surface area contributed by atoms with Crippen LogP contribution in [0, 0.1) is 6.92 Å². The molecule has 0 saturated heterocycles. The minimum absolute atomic E-state index is 0.104. The Morgan fingerprint density at radius 1 is 0.971 bits per heavy atom. The third-order valence-electron chi connectivity index (χ3n) is 5.52. The molecule has 0 atom stereocenters. The summed E-state index contributed by atoms with van der Waals surface area (Å²) < 4.78 is 2.78. The highest BCUT2D eigenvalue weighted by molar-refractivity contribution is 8.01. The van der Waals surface area contributed by atoms with Crippen molar-refractivity contribution in [1.29, 1.82) is 0 Å². The van der Waals surface area contributed by atoms with E-state index in [4.69, 9.17) is 10.1 Å². The predicted octanol–water partition coefficient (Wildman–Crippen LogP) is 5.86. The molecule has 2 aromatic heterocycles. The Bertz CT molecular complexity index is 1480. The highest BCUT2D eigenvalue weighted by Gasteiger charge is 2.17. The minimum Gasteiger partial charge on any atom is -0.358 e. The standard InChI is InChI=1S/C27H24N4OS2/c1-19-25(22-14-8-9-15-23(22)29-19)24(32)18-33-27-30-31(17-21-12-6-3-7-13-21)26(34-27)28-16-20-10-4-2-5-11-20/h2-15,29H,16-18H2,1H3. The molecule has 2 heterocycles. The second-order valence-corrected chi connectivity index (χ2v) is 10.2. The monoisotopic (exact) mass is 484 g/mol. The second kappa shape index (κ2) is 10.2. The maximum atomic E-state index is 13.1. The van der Waals surface area contributed by atoms with E-state index in [1.165, 1.54) is 23.1 Å². The lowest BCUT2D eigenvalue weighted by atomic mass is 10.1. The maximum absolute atomic E-state index is 13.1. The van der Waals surface area contributed by atoms with Crippen molar-refractivity contribution in [1.82, 2.24) is 14.8 Å². The Morgan fingerprint density at radius 2 is 1.65 bits per heavy atom. The lowest BCUT2D eigenvalue weighted by Gasteiger charge is -2.02. The van der Waals surface area contributed by atoms with Gasteiger partial charge in [-0.25, -0.2) is 4.68 Å². The van der Waals surface area contributed by atoms with Crippen LogP contribution in [0.1, 0.15) is 27.2 Å². The molecule has 34 heavy (non-hydrogen) atoms. The SMILES string of the molecule is Cc1[nH]c2ccccc2c1C(=O)CSc1nn(Cc2ccccc2)c(=NCc2ccccc2)s1. The molecule has 1 N–H and O–H groups in total. The average molecular weight is 485 g/mol. The molecule has 0 radical (unpaired) electrons. The molecule has 0 fully saturated rings. The van der Waals surface area contributed by atoms with Crippen molar-refractivity contribution in [3.8, 4) is 0 Å². The summed E-state index contributed by atoms with van der Waals surface area (Å²) in [4.78, 5) is 22.1. The fourth-order valence-electron chi connectivity index (χ4n) is 3.90. The summed E-state index contributed by atoms with van der Waals surface area (Å²) in [6.07, 6.45) is 0. The number of aromatic amines is 1. The number of carbonyl (C=O) groups is 1. The second-order valence-electron chi connectivity index (χ2n) is 7.98. The Kier molecular flexibility index (Phi) is 6.74. The average Bonchev–Trinajstić information content (AvgIpc) is 3.41. The lowest BCUT2D eigenvalue weighted by Crippen LogP contribution is -2.17. The van der Waals surface area contributed by atoms with Gasteiger partial charge in [0.25, 0.3) is 0 Å². The fourth-order valence-corrected chi connectivity index (χ4v) is 5.73. The van der Waals surface area contributed by atoms with Crippen molar-refractivity contribution >= 4 is 39.8 Å². The van der Waals surface area contributed by atoms with Crippen LogP contribution in [-0.2, 0) is 13.1 Å². The summed E-state index contributed by atoms with van der Waals surface area (Å²) in [6, 6.07) is 28.4. The molecular formula is C27H24N4OS2. The first-order valence-electron chi connectivity index (χ1n) is 11.1. The van der Waals surface area contributed by atoms with Crippen LogP contribution in [0.4, 0.5) is 0 Å². The first-order valence-corrected chi connectivity index (χ1v) is 12.9. The molecule has 0 spiro atoms. The Morgan fingerprint density at radius 3 is 2.41 bits per heavy atom. The third-order valence-corrected chi connectivity index (χ3v) is 7.63. The molecule has 0 amide bonds. The van der Waals surface area contributed by atoms with Gasteiger partial charge in [0.1, 0.15) is 0 Å². The zero-order chi connectivity index (χ0) is 23.3. The maximum Gasteiger partial charge on any atom is 0.204 e. The number of fused-ring (bicyclic) bond motifs is 1. The van der Waals surface area contributed by atoms with Crippen molar-refractivity contribution in [2.75, 3.05) is 5.75 Å². The molecule has 170 valence electrons. The van der Waals surface area contributed by atoms with Crippen LogP contribution < -0.4 is 4.80 Å². The highest BCUT2D eigenvalue weighted by atomic mass is 32.2. The van der Waals surface area contributed by atoms with Crippen LogP contribution >= 0.6 is 23.1 Å². The van der Waals surface area contributed by atoms with Gasteiger partial charge in [0.2, 0.25) is 4.80 Å². The summed E-state index contributed by atoms with van der Waals surface area (Å²) in [6.45, 7) is 3.19. The molecule has 3 aromatic carbocycles. The molecule has 5 aromatic rings. The Balaban J connectivity index is 1.38. The quantitative estimate of drug-likeness (QED) is 0.222. The Labute approximate surface area is 206 Å². The number of para-hydroxylation sites is 1. The molecule has 5 rings (SSSR count). The molecule has 0 saturated carbocycles. The first kappa shape index (κ1) is 22.4. The Hall–Kier alpha value is -3.42. The van der Waals surface area contributed by atoms with Crippen LogP contribution in [0.2, 0.25) is 0 Å². The normalized spacial score (nSPS) is 11.9. The minimum atomic E-state index is 0.104. The summed E-state index contributed by atoms with van der Waals surface area (Å²) in [5.41, 5.74) is 4.98. The number of rotatable bonds is 8. The van der Waals surface area contributed by atoms with E-state index in [-0.39, 0.29) is 5.78 Å². The van der Waals surface area contributed by atoms with Gasteiger partial charge in [0, 0.05) is 22.2 Å². The van der Waals surface area contributed by atoms with E-state index in [0.29, 0.717) is 18.8 Å². The van der Waals surface area contributed by atoms with Crippen LogP contribution in [0.25, 0.3) is 10.9 Å². The number of hydrogen-bond donors (Lipinski definition) is 1. The van der Waals surface area contributed by atoms with Crippen LogP contribution in [-0.4, -0.2) is 26.3 Å². The first-order chi connectivity index (χ1) is 16.7. The number of ketones is 1. The molecule has 0 bridgehead atoms. The highest BCUT2D eigenvalue weighted by Crippen LogP contribution is 2.26. The number of nitrogens with zero attached hydrogens (tertiary/aromatic N) is 3. The summed E-state index contributed by atoms with van der Waals surface area (Å²) in [5.74, 6) is 0.437. The van der Waals surface area contributed by atoms with E-state index in [9.17, 15) is 4.79 Å². The van der Waals surface area contributed by atoms with E-state index in [1.54, 1.807) is 0 Å². The van der Waals surface area contributed by atoms with Gasteiger partial charge >= 0.3 is 0 Å². The summed E-state index contributed by atoms with van der Waals surface area (Å²) >= 11 is 3.01. The largest absolute Gasteiger partial charge is 0.358 e. The van der Waals surface area contributed by atoms with Crippen molar-refractivity contribution in [3.05, 3.63) is 112 Å². The van der Waals surface area contributed by atoms with Gasteiger partial charge in [-0.2, -0.15) is 5.10 Å². The van der Waals surface area contributed by atoms with E-state index < -0.39 is 0 Å². The van der Waals surface area contributed by atoms with Crippen LogP contribution in [0.3, 0.4) is 0 Å². The fraction of sp³-hybridized carbons (Fsp3) is 0.148. The van der Waals surface area contributed by atoms with Gasteiger partial charge in [-0.05, 0) is 24.1 Å². The van der Waals surface area contributed by atoms with Gasteiger partial charge in [-0.3, -0.25) is 9.79 Å². The number of aromatic nitrogens is 3. The number of nitrogens with one attached hydrogen (secondary N) is 1. The van der Waals surface area contributed by atoms with E-state index in [2.05, 4.69) is 29.2 Å². The number of aryl methyl sites for hydroxylation is 1. The molecule has 5 nitrogen and oxygen atoms in total. The van der Waals surface area contributed by atoms with E-state index in [0.717, 1.165) is 42.4 Å².